The van der Waals surface area contributed by atoms with Crippen LogP contribution in [0.2, 0.25) is 0 Å². The summed E-state index contributed by atoms with van der Waals surface area (Å²) in [5.41, 5.74) is 3.32. The Morgan fingerprint density at radius 1 is 1.11 bits per heavy atom. The van der Waals surface area contributed by atoms with Gasteiger partial charge in [0.15, 0.2) is 23.0 Å². The van der Waals surface area contributed by atoms with Crippen LogP contribution < -0.4 is 24.8 Å². The Morgan fingerprint density at radius 2 is 1.84 bits per heavy atom. The molecule has 4 aliphatic rings. The second-order valence-corrected chi connectivity index (χ2v) is 14.2. The summed E-state index contributed by atoms with van der Waals surface area (Å²) in [6.45, 7) is 4.92. The number of piperazine rings is 1. The first-order valence-electron chi connectivity index (χ1n) is 17.5. The Hall–Kier alpha value is -4.02. The molecule has 2 amide bonds. The fourth-order valence-electron chi connectivity index (χ4n) is 8.71. The number of nitrogens with one attached hydrogen (secondary N) is 2. The molecule has 1 saturated heterocycles. The van der Waals surface area contributed by atoms with Crippen LogP contribution in [0.25, 0.3) is 6.08 Å². The maximum atomic E-state index is 13.6. The van der Waals surface area contributed by atoms with Gasteiger partial charge in [-0.05, 0) is 75.6 Å². The third kappa shape index (κ3) is 7.03. The van der Waals surface area contributed by atoms with Crippen molar-refractivity contribution in [2.24, 2.45) is 0 Å². The van der Waals surface area contributed by atoms with E-state index in [1.807, 2.05) is 24.9 Å². The molecular weight excluding hydrogens is 934 g/mol. The van der Waals surface area contributed by atoms with E-state index in [1.54, 1.807) is 6.92 Å². The van der Waals surface area contributed by atoms with E-state index in [-0.39, 0.29) is 86.9 Å². The number of phenolic OH excluding ortho intramolecular Hbond substituents is 2. The topological polar surface area (TPSA) is 157 Å². The summed E-state index contributed by atoms with van der Waals surface area (Å²) in [7, 11) is 3.42. The van der Waals surface area contributed by atoms with Gasteiger partial charge >= 0.3 is 6.18 Å². The van der Waals surface area contributed by atoms with Crippen LogP contribution in [-0.4, -0.2) is 83.5 Å². The summed E-state index contributed by atoms with van der Waals surface area (Å²) < 4.78 is 56.8. The number of nitrogens with zero attached hydrogens (tertiary/aromatic N) is 3. The predicted octanol–water partition coefficient (Wildman–Crippen LogP) is 4.58. The molecule has 6 atom stereocenters. The standard InChI is InChI=1S/C39H40F3N5O7.Ac/c1-18-11-22-13-25-27(15-43)47-26(32(46(25)4)30(22)34(50)35(18)52-5)14-24-31(37-36(53-17-54-37)19(2)33(24)49)28(47)16-44-38(51)20(3)45-29(48)10-9-21-7-6-8-23(12-21)39(40,41)42;/h6-12,20,25-28,32,49-50H,13-14,16-17H2,1-5H3,(H,44,51)(H,45,48);/b10-9+;/t20-,25+,26?,27+,28+,32+;/m1./s1. The van der Waals surface area contributed by atoms with Gasteiger partial charge in [0.05, 0.1) is 30.8 Å². The van der Waals surface area contributed by atoms with Crippen LogP contribution in [0.1, 0.15) is 63.5 Å². The van der Waals surface area contributed by atoms with E-state index in [0.717, 1.165) is 29.3 Å². The normalized spacial score (nSPS) is 23.1. The number of ether oxygens (including phenoxy) is 3. The number of benzene rings is 3. The van der Waals surface area contributed by atoms with E-state index in [0.29, 0.717) is 45.9 Å². The second-order valence-electron chi connectivity index (χ2n) is 14.2. The molecule has 1 radical (unpaired) electrons. The van der Waals surface area contributed by atoms with Crippen molar-refractivity contribution < 1.29 is 91.2 Å². The van der Waals surface area contributed by atoms with Gasteiger partial charge in [-0.25, -0.2) is 0 Å². The Balaban J connectivity index is 0.00000514. The van der Waals surface area contributed by atoms with Crippen molar-refractivity contribution in [3.8, 4) is 34.8 Å². The van der Waals surface area contributed by atoms with E-state index in [4.69, 9.17) is 14.2 Å². The zero-order chi connectivity index (χ0) is 38.8. The molecule has 1 fully saturated rings. The first kappa shape index (κ1) is 40.6. The molecule has 0 aromatic heterocycles. The number of aromatic hydroxyl groups is 2. The van der Waals surface area contributed by atoms with Crippen LogP contribution in [0.4, 0.5) is 13.2 Å². The van der Waals surface area contributed by atoms with Crippen LogP contribution in [-0.2, 0) is 28.6 Å². The number of nitriles is 1. The average molecular weight is 975 g/mol. The molecule has 0 aliphatic carbocycles. The molecule has 7 rings (SSSR count). The van der Waals surface area contributed by atoms with Gasteiger partial charge in [0, 0.05) is 91.0 Å². The molecule has 3 aromatic rings. The van der Waals surface area contributed by atoms with Gasteiger partial charge in [-0.15, -0.1) is 0 Å². The fourth-order valence-corrected chi connectivity index (χ4v) is 8.71. The van der Waals surface area contributed by atoms with Gasteiger partial charge in [-0.2, -0.15) is 18.4 Å². The number of amides is 2. The summed E-state index contributed by atoms with van der Waals surface area (Å²) >= 11 is 0. The predicted molar refractivity (Wildman–Crippen MR) is 189 cm³/mol. The summed E-state index contributed by atoms with van der Waals surface area (Å²) in [6.07, 6.45) is -1.52. The van der Waals surface area contributed by atoms with E-state index >= 15 is 0 Å². The zero-order valence-corrected chi connectivity index (χ0v) is 35.6. The monoisotopic (exact) mass is 974 g/mol. The van der Waals surface area contributed by atoms with Crippen molar-refractivity contribution >= 4 is 17.9 Å². The van der Waals surface area contributed by atoms with Crippen LogP contribution in [0.5, 0.6) is 28.7 Å². The van der Waals surface area contributed by atoms with Crippen molar-refractivity contribution in [3.63, 3.8) is 0 Å². The van der Waals surface area contributed by atoms with E-state index in [2.05, 4.69) is 21.6 Å². The van der Waals surface area contributed by atoms with Crippen molar-refractivity contribution in [1.82, 2.24) is 20.4 Å². The molecule has 0 saturated carbocycles. The second kappa shape index (κ2) is 15.5. The van der Waals surface area contributed by atoms with Gasteiger partial charge in [-0.3, -0.25) is 19.4 Å². The fraction of sp³-hybridized carbons (Fsp3) is 0.410. The molecule has 2 bridgehead atoms. The molecule has 1 unspecified atom stereocenters. The number of alkyl halides is 3. The van der Waals surface area contributed by atoms with Gasteiger partial charge in [-0.1, -0.05) is 18.2 Å². The van der Waals surface area contributed by atoms with E-state index in [1.165, 1.54) is 32.2 Å². The third-order valence-corrected chi connectivity index (χ3v) is 11.2. The number of hydrogen-bond donors (Lipinski definition) is 4. The first-order valence-corrected chi connectivity index (χ1v) is 17.5. The summed E-state index contributed by atoms with van der Waals surface area (Å²) in [5, 5.41) is 39.6. The van der Waals surface area contributed by atoms with Gasteiger partial charge in [0.2, 0.25) is 18.6 Å². The summed E-state index contributed by atoms with van der Waals surface area (Å²) in [6, 6.07) is 5.35. The molecule has 12 nitrogen and oxygen atoms in total. The summed E-state index contributed by atoms with van der Waals surface area (Å²) in [4.78, 5) is 30.5. The molecule has 4 aliphatic heterocycles. The number of carbonyl (C=O) groups excluding carboxylic acids is 2. The number of likely N-dealkylation sites (N-methyl/N-ethyl adjacent to an activating group) is 1. The van der Waals surface area contributed by atoms with Gasteiger partial charge < -0.3 is 35.1 Å². The van der Waals surface area contributed by atoms with Crippen LogP contribution in [0, 0.1) is 69.2 Å². The van der Waals surface area contributed by atoms with Crippen molar-refractivity contribution in [2.45, 2.75) is 76.0 Å². The third-order valence-electron chi connectivity index (χ3n) is 11.2. The zero-order valence-electron chi connectivity index (χ0n) is 30.8. The smallest absolute Gasteiger partial charge is 0.416 e. The minimum atomic E-state index is -4.54. The number of halogens is 3. The average Bonchev–Trinajstić information content (AvgIpc) is 3.62. The maximum Gasteiger partial charge on any atom is 0.416 e. The van der Waals surface area contributed by atoms with Crippen LogP contribution >= 0.6 is 0 Å². The maximum absolute atomic E-state index is 13.6. The number of phenols is 2. The molecule has 4 N–H and O–H groups in total. The molecule has 287 valence electrons. The molecule has 55 heavy (non-hydrogen) atoms. The minimum absolute atomic E-state index is 0. The number of hydrogen-bond acceptors (Lipinski definition) is 10. The molecule has 16 heteroatoms. The number of rotatable bonds is 7. The van der Waals surface area contributed by atoms with Crippen LogP contribution in [0.15, 0.2) is 36.4 Å². The number of aryl methyl sites for hydroxylation is 1. The quantitative estimate of drug-likeness (QED) is 0.248. The van der Waals surface area contributed by atoms with Crippen LogP contribution in [0.3, 0.4) is 0 Å². The SMILES string of the molecule is COc1c(C)cc2c(c1O)[C@@H]1C3Cc4c(O)c(C)c5c(c4[C@H](CNC(=O)[C@@H](C)NC(=O)/C=C/c4cccc(C(F)(F)F)c4)N3[C@@H](C#N)[C@H](C2)N1C)OCO5.[Ac]. The Labute approximate surface area is 351 Å². The van der Waals surface area contributed by atoms with Crippen molar-refractivity contribution in [3.05, 3.63) is 80.9 Å². The minimum Gasteiger partial charge on any atom is -0.507 e. The number of methoxy groups -OCH3 is 1. The Bertz CT molecular complexity index is 2120. The molecule has 0 spiro atoms. The van der Waals surface area contributed by atoms with Gasteiger partial charge in [0.25, 0.3) is 0 Å². The Kier molecular flexibility index (Phi) is 11.4. The number of carbonyl (C=O) groups is 2. The van der Waals surface area contributed by atoms with E-state index in [9.17, 15) is 38.2 Å². The summed E-state index contributed by atoms with van der Waals surface area (Å²) in [5.74, 6) is -0.0684. The van der Waals surface area contributed by atoms with Gasteiger partial charge in [0.1, 0.15) is 17.8 Å². The number of fused-ring (bicyclic) bond motifs is 9. The van der Waals surface area contributed by atoms with E-state index < -0.39 is 53.8 Å². The van der Waals surface area contributed by atoms with Crippen molar-refractivity contribution in [1.29, 1.82) is 5.26 Å². The molecule has 3 aromatic carbocycles. The van der Waals surface area contributed by atoms with Crippen molar-refractivity contribution in [2.75, 3.05) is 27.5 Å². The molecular formula is C39H40AcF3N5O7. The molecule has 4 heterocycles. The largest absolute Gasteiger partial charge is 0.507 e. The Morgan fingerprint density at radius 3 is 2.53 bits per heavy atom. The first-order chi connectivity index (χ1) is 25.7.